The first-order chi connectivity index (χ1) is 10.1. The molecule has 21 heavy (non-hydrogen) atoms. The molecule has 1 aromatic heterocycles. The highest BCUT2D eigenvalue weighted by molar-refractivity contribution is 9.10. The lowest BCUT2D eigenvalue weighted by Gasteiger charge is -2.06. The van der Waals surface area contributed by atoms with Crippen molar-refractivity contribution in [1.82, 2.24) is 9.78 Å². The zero-order chi connectivity index (χ0) is 15.0. The van der Waals surface area contributed by atoms with E-state index in [1.807, 2.05) is 0 Å². The topological polar surface area (TPSA) is 71.9 Å². The Bertz CT molecular complexity index is 955. The van der Waals surface area contributed by atoms with Crippen molar-refractivity contribution in [1.29, 1.82) is 0 Å². The number of carbonyl (C=O) groups excluding carboxylic acids is 1. The lowest BCUT2D eigenvalue weighted by Crippen LogP contribution is -2.34. The molecule has 0 atom stereocenters. The number of carbonyl (C=O) groups is 1. The van der Waals surface area contributed by atoms with Crippen LogP contribution in [0.15, 0.2) is 62.6 Å². The number of hydrogen-bond donors (Lipinski definition) is 1. The largest absolute Gasteiger partial charge is 0.280 e. The third-order valence-electron chi connectivity index (χ3n) is 3.11. The Labute approximate surface area is 127 Å². The van der Waals surface area contributed by atoms with E-state index in [1.165, 1.54) is 6.07 Å². The zero-order valence-corrected chi connectivity index (χ0v) is 12.3. The molecule has 0 spiro atoms. The fraction of sp³-hybridized carbons (Fsp3) is 0. The van der Waals surface area contributed by atoms with Gasteiger partial charge in [0.25, 0.3) is 17.0 Å². The number of rotatable bonds is 1. The van der Waals surface area contributed by atoms with Crippen LogP contribution < -0.4 is 11.1 Å². The monoisotopic (exact) mass is 344 g/mol. The molecular formula is C15H9BrN2O3. The zero-order valence-electron chi connectivity index (χ0n) is 10.7. The van der Waals surface area contributed by atoms with Gasteiger partial charge in [0, 0.05) is 10.0 Å². The van der Waals surface area contributed by atoms with Crippen LogP contribution in [0.25, 0.3) is 10.8 Å². The molecule has 0 aliphatic carbocycles. The van der Waals surface area contributed by atoms with Crippen molar-refractivity contribution in [3.63, 3.8) is 0 Å². The molecular weight excluding hydrogens is 336 g/mol. The maximum absolute atomic E-state index is 12.4. The summed E-state index contributed by atoms with van der Waals surface area (Å²) in [5, 5.41) is 2.80. The van der Waals surface area contributed by atoms with Gasteiger partial charge in [-0.1, -0.05) is 28.1 Å². The highest BCUT2D eigenvalue weighted by Gasteiger charge is 2.14. The molecule has 0 radical (unpaired) electrons. The first kappa shape index (κ1) is 13.5. The maximum Gasteiger partial charge on any atom is 0.280 e. The predicted molar refractivity (Wildman–Crippen MR) is 82.7 cm³/mol. The summed E-state index contributed by atoms with van der Waals surface area (Å²) >= 11 is 3.27. The van der Waals surface area contributed by atoms with E-state index >= 15 is 0 Å². The van der Waals surface area contributed by atoms with Crippen molar-refractivity contribution in [2.45, 2.75) is 0 Å². The van der Waals surface area contributed by atoms with Gasteiger partial charge in [-0.25, -0.2) is 0 Å². The average molecular weight is 345 g/mol. The first-order valence-corrected chi connectivity index (χ1v) is 6.91. The molecule has 3 aromatic rings. The average Bonchev–Trinajstić information content (AvgIpc) is 2.51. The van der Waals surface area contributed by atoms with Gasteiger partial charge < -0.3 is 0 Å². The van der Waals surface area contributed by atoms with Gasteiger partial charge in [-0.3, -0.25) is 19.5 Å². The summed E-state index contributed by atoms with van der Waals surface area (Å²) in [5.41, 5.74) is -0.708. The summed E-state index contributed by atoms with van der Waals surface area (Å²) in [6, 6.07) is 12.9. The number of nitrogens with one attached hydrogen (secondary N) is 1. The van der Waals surface area contributed by atoms with E-state index in [-0.39, 0.29) is 10.8 Å². The molecule has 5 nitrogen and oxygen atoms in total. The second-order valence-corrected chi connectivity index (χ2v) is 5.35. The van der Waals surface area contributed by atoms with Gasteiger partial charge in [-0.2, -0.15) is 4.68 Å². The van der Waals surface area contributed by atoms with Crippen molar-refractivity contribution < 1.29 is 4.79 Å². The molecule has 6 heteroatoms. The van der Waals surface area contributed by atoms with Gasteiger partial charge in [-0.15, -0.1) is 0 Å². The Morgan fingerprint density at radius 2 is 1.57 bits per heavy atom. The predicted octanol–water partition coefficient (Wildman–Crippen LogP) is 2.14. The number of benzene rings is 2. The van der Waals surface area contributed by atoms with Crippen LogP contribution in [0.3, 0.4) is 0 Å². The molecule has 0 fully saturated rings. The number of nitrogens with zero attached hydrogens (tertiary/aromatic N) is 1. The van der Waals surface area contributed by atoms with E-state index in [2.05, 4.69) is 21.0 Å². The maximum atomic E-state index is 12.4. The minimum atomic E-state index is -0.574. The third-order valence-corrected chi connectivity index (χ3v) is 3.64. The molecule has 0 aliphatic heterocycles. The lowest BCUT2D eigenvalue weighted by atomic mass is 10.2. The highest BCUT2D eigenvalue weighted by Crippen LogP contribution is 2.11. The minimum Gasteiger partial charge on any atom is -0.267 e. The molecule has 0 unspecified atom stereocenters. The van der Waals surface area contributed by atoms with Gasteiger partial charge in [0.05, 0.1) is 10.8 Å². The number of aromatic amines is 1. The summed E-state index contributed by atoms with van der Waals surface area (Å²) in [7, 11) is 0. The van der Waals surface area contributed by atoms with Crippen LogP contribution in [-0.2, 0) is 0 Å². The van der Waals surface area contributed by atoms with Crippen LogP contribution in [-0.4, -0.2) is 15.7 Å². The van der Waals surface area contributed by atoms with E-state index in [1.54, 1.807) is 42.5 Å². The van der Waals surface area contributed by atoms with E-state index in [0.29, 0.717) is 5.56 Å². The molecule has 0 amide bonds. The Hall–Kier alpha value is -2.47. The highest BCUT2D eigenvalue weighted by atomic mass is 79.9. The van der Waals surface area contributed by atoms with E-state index in [4.69, 9.17) is 0 Å². The molecule has 0 saturated heterocycles. The van der Waals surface area contributed by atoms with Crippen LogP contribution >= 0.6 is 15.9 Å². The molecule has 0 bridgehead atoms. The van der Waals surface area contributed by atoms with Gasteiger partial charge in [-0.05, 0) is 36.4 Å². The van der Waals surface area contributed by atoms with Crippen LogP contribution in [0, 0.1) is 0 Å². The smallest absolute Gasteiger partial charge is 0.267 e. The van der Waals surface area contributed by atoms with Crippen LogP contribution in [0.4, 0.5) is 0 Å². The standard InChI is InChI=1S/C15H9BrN2O3/c16-10-7-5-9(6-8-10)14(20)18-15(21)12-4-2-1-3-11(12)13(19)17-18/h1-8H,(H,17,19). The van der Waals surface area contributed by atoms with Gasteiger partial charge >= 0.3 is 0 Å². The van der Waals surface area contributed by atoms with E-state index in [9.17, 15) is 14.4 Å². The Morgan fingerprint density at radius 1 is 0.952 bits per heavy atom. The summed E-state index contributed by atoms with van der Waals surface area (Å²) in [6.07, 6.45) is 0. The van der Waals surface area contributed by atoms with Crippen LogP contribution in [0.2, 0.25) is 0 Å². The lowest BCUT2D eigenvalue weighted by molar-refractivity contribution is 0.0939. The molecule has 0 aliphatic rings. The molecule has 3 rings (SSSR count). The van der Waals surface area contributed by atoms with Crippen molar-refractivity contribution in [2.75, 3.05) is 0 Å². The van der Waals surface area contributed by atoms with Crippen molar-refractivity contribution in [3.8, 4) is 0 Å². The van der Waals surface area contributed by atoms with Gasteiger partial charge in [0.15, 0.2) is 0 Å². The van der Waals surface area contributed by atoms with Gasteiger partial charge in [0.2, 0.25) is 0 Å². The van der Waals surface area contributed by atoms with Crippen molar-refractivity contribution >= 4 is 32.6 Å². The third kappa shape index (κ3) is 2.34. The molecule has 1 heterocycles. The first-order valence-electron chi connectivity index (χ1n) is 6.12. The Kier molecular flexibility index (Phi) is 3.31. The summed E-state index contributed by atoms with van der Waals surface area (Å²) in [6.45, 7) is 0. The van der Waals surface area contributed by atoms with Crippen LogP contribution in [0.1, 0.15) is 10.4 Å². The summed E-state index contributed by atoms with van der Waals surface area (Å²) < 4.78 is 1.56. The molecule has 104 valence electrons. The fourth-order valence-electron chi connectivity index (χ4n) is 2.07. The second kappa shape index (κ2) is 5.14. The van der Waals surface area contributed by atoms with Crippen LogP contribution in [0.5, 0.6) is 0 Å². The van der Waals surface area contributed by atoms with E-state index in [0.717, 1.165) is 9.15 Å². The van der Waals surface area contributed by atoms with Crippen molar-refractivity contribution in [3.05, 3.63) is 79.3 Å². The van der Waals surface area contributed by atoms with E-state index < -0.39 is 17.0 Å². The van der Waals surface area contributed by atoms with Gasteiger partial charge in [0.1, 0.15) is 0 Å². The number of H-pyrrole nitrogens is 1. The Morgan fingerprint density at radius 3 is 2.24 bits per heavy atom. The quantitative estimate of drug-likeness (QED) is 0.735. The minimum absolute atomic E-state index is 0.215. The summed E-state index contributed by atoms with van der Waals surface area (Å²) in [4.78, 5) is 36.6. The molecule has 1 N–H and O–H groups in total. The number of hydrogen-bond acceptors (Lipinski definition) is 3. The fourth-order valence-corrected chi connectivity index (χ4v) is 2.33. The molecule has 2 aromatic carbocycles. The Balaban J connectivity index is 2.24. The normalized spacial score (nSPS) is 10.7. The van der Waals surface area contributed by atoms with Crippen molar-refractivity contribution in [2.24, 2.45) is 0 Å². The number of halogens is 1. The number of fused-ring (bicyclic) bond motifs is 1. The second-order valence-electron chi connectivity index (χ2n) is 4.44. The SMILES string of the molecule is O=C(c1ccc(Br)cc1)n1[nH]c(=O)c2ccccc2c1=O. The summed E-state index contributed by atoms with van der Waals surface area (Å²) in [5.74, 6) is -0.574. The molecule has 0 saturated carbocycles. The number of aromatic nitrogens is 2.